The van der Waals surface area contributed by atoms with Crippen LogP contribution in [0.2, 0.25) is 0 Å². The fraction of sp³-hybridized carbons (Fsp3) is 0.750. The van der Waals surface area contributed by atoms with Crippen LogP contribution >= 0.6 is 0 Å². The molecule has 0 atom stereocenters. The molecule has 0 aliphatic rings. The highest BCUT2D eigenvalue weighted by atomic mass is 16.5. The lowest BCUT2D eigenvalue weighted by Gasteiger charge is -2.00. The van der Waals surface area contributed by atoms with E-state index in [-0.39, 0.29) is 0 Å². The van der Waals surface area contributed by atoms with Crippen molar-refractivity contribution in [3.05, 3.63) is 6.54 Å². The van der Waals surface area contributed by atoms with E-state index in [1.54, 1.807) is 7.11 Å². The molecule has 0 aromatic rings. The van der Waals surface area contributed by atoms with E-state index in [2.05, 4.69) is 5.32 Å². The van der Waals surface area contributed by atoms with Crippen molar-refractivity contribution in [2.75, 3.05) is 13.8 Å². The van der Waals surface area contributed by atoms with Gasteiger partial charge in [0, 0.05) is 20.1 Å². The van der Waals surface area contributed by atoms with Crippen molar-refractivity contribution in [2.24, 2.45) is 0 Å². The van der Waals surface area contributed by atoms with Crippen molar-refractivity contribution in [3.8, 4) is 0 Å². The van der Waals surface area contributed by atoms with Gasteiger partial charge in [0.15, 0.2) is 0 Å². The first kappa shape index (κ1) is 10.6. The van der Waals surface area contributed by atoms with Crippen molar-refractivity contribution in [1.82, 2.24) is 5.32 Å². The summed E-state index contributed by atoms with van der Waals surface area (Å²) in [5.74, 6) is 0. The molecule has 1 radical (unpaired) electrons. The molecule has 0 saturated heterocycles. The minimum Gasteiger partial charge on any atom is -0.370 e. The molecule has 3 nitrogen and oxygen atoms in total. The van der Waals surface area contributed by atoms with E-state index >= 15 is 0 Å². The van der Waals surface area contributed by atoms with E-state index in [4.69, 9.17) is 4.74 Å². The Balaban J connectivity index is 2.74. The maximum Gasteiger partial charge on any atom is 0.119 e. The fourth-order valence-corrected chi connectivity index (χ4v) is 0.718. The van der Waals surface area contributed by atoms with Gasteiger partial charge in [0.2, 0.25) is 0 Å². The van der Waals surface area contributed by atoms with E-state index in [1.807, 2.05) is 6.54 Å². The molecule has 0 fully saturated rings. The zero-order valence-corrected chi connectivity index (χ0v) is 7.01. The lowest BCUT2D eigenvalue weighted by atomic mass is 10.2. The van der Waals surface area contributed by atoms with E-state index < -0.39 is 0 Å². The summed E-state index contributed by atoms with van der Waals surface area (Å²) in [5, 5.41) is 2.98. The first-order valence-electron chi connectivity index (χ1n) is 3.89. The molecule has 0 spiro atoms. The van der Waals surface area contributed by atoms with Gasteiger partial charge in [-0.05, 0) is 12.8 Å². The number of aldehydes is 1. The Kier molecular flexibility index (Phi) is 9.23. The quantitative estimate of drug-likeness (QED) is 0.326. The van der Waals surface area contributed by atoms with E-state index in [1.165, 1.54) is 0 Å². The van der Waals surface area contributed by atoms with Gasteiger partial charge in [-0.3, -0.25) is 5.32 Å². The standard InChI is InChI=1S/C8H16NO2/c1-11-8-9-6-4-2-3-5-7-10/h6-7,9H,2-5,8H2,1H3. The van der Waals surface area contributed by atoms with Crippen LogP contribution in [0, 0.1) is 6.54 Å². The third-order valence-corrected chi connectivity index (χ3v) is 1.29. The zero-order chi connectivity index (χ0) is 8.36. The van der Waals surface area contributed by atoms with Gasteiger partial charge in [0.25, 0.3) is 0 Å². The van der Waals surface area contributed by atoms with Crippen LogP contribution in [0.25, 0.3) is 0 Å². The number of rotatable bonds is 8. The Morgan fingerprint density at radius 3 is 2.73 bits per heavy atom. The number of hydrogen-bond donors (Lipinski definition) is 1. The summed E-state index contributed by atoms with van der Waals surface area (Å²) in [6.45, 7) is 2.53. The smallest absolute Gasteiger partial charge is 0.119 e. The molecule has 0 unspecified atom stereocenters. The minimum absolute atomic E-state index is 0.563. The minimum atomic E-state index is 0.563. The molecule has 0 aromatic carbocycles. The number of methoxy groups -OCH3 is 1. The van der Waals surface area contributed by atoms with Crippen molar-refractivity contribution in [2.45, 2.75) is 25.7 Å². The lowest BCUT2D eigenvalue weighted by molar-refractivity contribution is -0.107. The maximum atomic E-state index is 9.89. The first-order valence-corrected chi connectivity index (χ1v) is 3.89. The molecule has 1 N–H and O–H groups in total. The Bertz CT molecular complexity index is 86.2. The Labute approximate surface area is 68.1 Å². The van der Waals surface area contributed by atoms with Gasteiger partial charge in [0.05, 0.1) is 6.73 Å². The highest BCUT2D eigenvalue weighted by molar-refractivity contribution is 5.48. The molecule has 11 heavy (non-hydrogen) atoms. The van der Waals surface area contributed by atoms with Crippen molar-refractivity contribution in [3.63, 3.8) is 0 Å². The van der Waals surface area contributed by atoms with Crippen LogP contribution in [-0.2, 0) is 9.53 Å². The van der Waals surface area contributed by atoms with Gasteiger partial charge in [-0.2, -0.15) is 0 Å². The van der Waals surface area contributed by atoms with Gasteiger partial charge >= 0.3 is 0 Å². The summed E-state index contributed by atoms with van der Waals surface area (Å²) in [4.78, 5) is 9.89. The van der Waals surface area contributed by atoms with E-state index in [0.29, 0.717) is 13.2 Å². The second kappa shape index (κ2) is 9.59. The largest absolute Gasteiger partial charge is 0.370 e. The number of carbonyl (C=O) groups is 1. The fourth-order valence-electron chi connectivity index (χ4n) is 0.718. The van der Waals surface area contributed by atoms with E-state index in [9.17, 15) is 4.79 Å². The number of nitrogens with one attached hydrogen (secondary N) is 1. The van der Waals surface area contributed by atoms with Crippen LogP contribution in [0.4, 0.5) is 0 Å². The van der Waals surface area contributed by atoms with Crippen LogP contribution in [-0.4, -0.2) is 20.1 Å². The molecule has 0 bridgehead atoms. The van der Waals surface area contributed by atoms with Crippen LogP contribution < -0.4 is 5.32 Å². The highest BCUT2D eigenvalue weighted by Crippen LogP contribution is 1.98. The van der Waals surface area contributed by atoms with Crippen molar-refractivity contribution < 1.29 is 9.53 Å². The Morgan fingerprint density at radius 1 is 1.36 bits per heavy atom. The molecule has 0 aliphatic carbocycles. The van der Waals surface area contributed by atoms with Gasteiger partial charge < -0.3 is 9.53 Å². The van der Waals surface area contributed by atoms with E-state index in [0.717, 1.165) is 25.5 Å². The monoisotopic (exact) mass is 158 g/mol. The summed E-state index contributed by atoms with van der Waals surface area (Å²) in [5.41, 5.74) is 0. The Hall–Kier alpha value is -0.410. The molecular weight excluding hydrogens is 142 g/mol. The topological polar surface area (TPSA) is 38.3 Å². The van der Waals surface area contributed by atoms with Crippen LogP contribution in [0.3, 0.4) is 0 Å². The third-order valence-electron chi connectivity index (χ3n) is 1.29. The third kappa shape index (κ3) is 9.59. The number of carbonyl (C=O) groups excluding carboxylic acids is 1. The molecule has 3 heteroatoms. The van der Waals surface area contributed by atoms with Crippen LogP contribution in [0.15, 0.2) is 0 Å². The zero-order valence-electron chi connectivity index (χ0n) is 7.01. The molecule has 0 rings (SSSR count). The number of unbranched alkanes of at least 4 members (excludes halogenated alkanes) is 3. The average Bonchev–Trinajstić information content (AvgIpc) is 2.03. The molecule has 0 heterocycles. The summed E-state index contributed by atoms with van der Waals surface area (Å²) >= 11 is 0. The molecule has 0 amide bonds. The highest BCUT2D eigenvalue weighted by Gasteiger charge is 1.88. The molecule has 65 valence electrons. The Morgan fingerprint density at radius 2 is 2.09 bits per heavy atom. The van der Waals surface area contributed by atoms with Gasteiger partial charge in [0.1, 0.15) is 6.29 Å². The van der Waals surface area contributed by atoms with Gasteiger partial charge in [-0.15, -0.1) is 0 Å². The van der Waals surface area contributed by atoms with Gasteiger partial charge in [-0.1, -0.05) is 6.42 Å². The SMILES string of the molecule is COCN[CH]CCCCC=O. The predicted octanol–water partition coefficient (Wildman–Crippen LogP) is 1.10. The molecule has 0 saturated carbocycles. The first-order chi connectivity index (χ1) is 5.41. The van der Waals surface area contributed by atoms with Crippen molar-refractivity contribution >= 4 is 6.29 Å². The van der Waals surface area contributed by atoms with Crippen LogP contribution in [0.5, 0.6) is 0 Å². The average molecular weight is 158 g/mol. The molecule has 0 aliphatic heterocycles. The summed E-state index contributed by atoms with van der Waals surface area (Å²) in [6.07, 6.45) is 4.68. The normalized spacial score (nSPS) is 9.91. The second-order valence-corrected chi connectivity index (χ2v) is 2.29. The predicted molar refractivity (Wildman–Crippen MR) is 43.8 cm³/mol. The maximum absolute atomic E-state index is 9.89. The summed E-state index contributed by atoms with van der Waals surface area (Å²) < 4.78 is 4.77. The summed E-state index contributed by atoms with van der Waals surface area (Å²) in [6, 6.07) is 0. The summed E-state index contributed by atoms with van der Waals surface area (Å²) in [7, 11) is 1.65. The lowest BCUT2D eigenvalue weighted by Crippen LogP contribution is -2.12. The van der Waals surface area contributed by atoms with Crippen molar-refractivity contribution in [1.29, 1.82) is 0 Å². The van der Waals surface area contributed by atoms with Gasteiger partial charge in [-0.25, -0.2) is 0 Å². The molecule has 0 aromatic heterocycles. The van der Waals surface area contributed by atoms with Crippen LogP contribution in [0.1, 0.15) is 25.7 Å². The number of ether oxygens (including phenoxy) is 1. The molecular formula is C8H16NO2. The second-order valence-electron chi connectivity index (χ2n) is 2.29. The number of hydrogen-bond acceptors (Lipinski definition) is 3.